The molecule has 2 aliphatic rings. The van der Waals surface area contributed by atoms with Gasteiger partial charge in [-0.05, 0) is 60.7 Å². The molecule has 2 heterocycles. The highest BCUT2D eigenvalue weighted by atomic mass is 32.2. The lowest BCUT2D eigenvalue weighted by atomic mass is 9.97. The van der Waals surface area contributed by atoms with Gasteiger partial charge in [0.05, 0.1) is 11.9 Å². The number of nitrogens with one attached hydrogen (secondary N) is 1. The third-order valence-electron chi connectivity index (χ3n) is 5.33. The highest BCUT2D eigenvalue weighted by Crippen LogP contribution is 2.47. The van der Waals surface area contributed by atoms with Crippen LogP contribution in [0.4, 0.5) is 5.69 Å². The molecule has 1 aliphatic heterocycles. The molecular formula is C19H21N3O3S. The second kappa shape index (κ2) is 6.09. The quantitative estimate of drug-likeness (QED) is 0.870. The van der Waals surface area contributed by atoms with E-state index in [-0.39, 0.29) is 11.3 Å². The molecule has 4 rings (SSSR count). The summed E-state index contributed by atoms with van der Waals surface area (Å²) >= 11 is 0. The van der Waals surface area contributed by atoms with Gasteiger partial charge in [-0.3, -0.25) is 14.1 Å². The van der Waals surface area contributed by atoms with Crippen molar-refractivity contribution in [1.29, 1.82) is 0 Å². The minimum absolute atomic E-state index is 0.0302. The molecule has 1 amide bonds. The Hall–Kier alpha value is -2.41. The lowest BCUT2D eigenvalue weighted by molar-refractivity contribution is 0.0949. The Morgan fingerprint density at radius 1 is 1.23 bits per heavy atom. The number of rotatable bonds is 5. The number of hydrogen-bond donors (Lipinski definition) is 1. The van der Waals surface area contributed by atoms with E-state index >= 15 is 0 Å². The minimum atomic E-state index is -3.27. The van der Waals surface area contributed by atoms with Crippen molar-refractivity contribution in [3.05, 3.63) is 59.4 Å². The molecule has 0 radical (unpaired) electrons. The second-order valence-electron chi connectivity index (χ2n) is 7.13. The molecule has 1 aliphatic carbocycles. The first-order valence-electron chi connectivity index (χ1n) is 8.68. The number of anilines is 1. The maximum Gasteiger partial charge on any atom is 0.251 e. The van der Waals surface area contributed by atoms with Gasteiger partial charge in [-0.2, -0.15) is 0 Å². The first-order chi connectivity index (χ1) is 12.4. The molecule has 0 unspecified atom stereocenters. The van der Waals surface area contributed by atoms with Crippen LogP contribution in [0.15, 0.2) is 42.7 Å². The monoisotopic (exact) mass is 371 g/mol. The van der Waals surface area contributed by atoms with Gasteiger partial charge in [0.25, 0.3) is 5.91 Å². The number of aromatic nitrogens is 1. The minimum Gasteiger partial charge on any atom is -0.351 e. The Kier molecular flexibility index (Phi) is 3.99. The number of fused-ring (bicyclic) bond motifs is 1. The summed E-state index contributed by atoms with van der Waals surface area (Å²) in [6.45, 7) is 1.03. The third-order valence-corrected chi connectivity index (χ3v) is 6.51. The molecule has 6 nitrogen and oxygen atoms in total. The topological polar surface area (TPSA) is 79.4 Å². The van der Waals surface area contributed by atoms with Crippen LogP contribution in [0.1, 0.15) is 34.3 Å². The molecule has 0 atom stereocenters. The normalized spacial score (nSPS) is 17.7. The molecule has 1 fully saturated rings. The van der Waals surface area contributed by atoms with Gasteiger partial charge in [0.15, 0.2) is 0 Å². The SMILES string of the molecule is CS(=O)(=O)N1CCc2cc(C(=O)NCC3(c4ccncc4)CC3)ccc21. The fourth-order valence-corrected chi connectivity index (χ4v) is 4.59. The van der Waals surface area contributed by atoms with Gasteiger partial charge in [-0.1, -0.05) is 0 Å². The van der Waals surface area contributed by atoms with E-state index in [1.54, 1.807) is 24.5 Å². The van der Waals surface area contributed by atoms with Crippen LogP contribution in [0.5, 0.6) is 0 Å². The number of sulfonamides is 1. The van der Waals surface area contributed by atoms with Crippen molar-refractivity contribution in [2.45, 2.75) is 24.7 Å². The van der Waals surface area contributed by atoms with Crippen LogP contribution >= 0.6 is 0 Å². The Balaban J connectivity index is 1.47. The van der Waals surface area contributed by atoms with Crippen molar-refractivity contribution in [2.24, 2.45) is 0 Å². The number of nitrogens with zero attached hydrogens (tertiary/aromatic N) is 2. The summed E-state index contributed by atoms with van der Waals surface area (Å²) in [4.78, 5) is 16.6. The smallest absolute Gasteiger partial charge is 0.251 e. The number of carbonyl (C=O) groups is 1. The highest BCUT2D eigenvalue weighted by molar-refractivity contribution is 7.92. The zero-order valence-corrected chi connectivity index (χ0v) is 15.4. The summed E-state index contributed by atoms with van der Waals surface area (Å²) in [5, 5.41) is 3.04. The van der Waals surface area contributed by atoms with Crippen LogP contribution in [-0.4, -0.2) is 38.7 Å². The van der Waals surface area contributed by atoms with Crippen molar-refractivity contribution in [3.63, 3.8) is 0 Å². The van der Waals surface area contributed by atoms with Gasteiger partial charge < -0.3 is 5.32 Å². The Labute approximate surface area is 153 Å². The number of benzene rings is 1. The average Bonchev–Trinajstić information content (AvgIpc) is 3.29. The molecule has 1 saturated carbocycles. The van der Waals surface area contributed by atoms with Crippen molar-refractivity contribution in [2.75, 3.05) is 23.7 Å². The van der Waals surface area contributed by atoms with Crippen LogP contribution in [0.3, 0.4) is 0 Å². The van der Waals surface area contributed by atoms with Crippen molar-refractivity contribution >= 4 is 21.6 Å². The highest BCUT2D eigenvalue weighted by Gasteiger charge is 2.44. The van der Waals surface area contributed by atoms with Crippen LogP contribution < -0.4 is 9.62 Å². The van der Waals surface area contributed by atoms with Gasteiger partial charge >= 0.3 is 0 Å². The Bertz CT molecular complexity index is 953. The fourth-order valence-electron chi connectivity index (χ4n) is 3.63. The van der Waals surface area contributed by atoms with Crippen LogP contribution in [0.25, 0.3) is 0 Å². The van der Waals surface area contributed by atoms with E-state index in [1.165, 1.54) is 16.1 Å². The van der Waals surface area contributed by atoms with E-state index in [1.807, 2.05) is 18.2 Å². The third kappa shape index (κ3) is 3.07. The maximum atomic E-state index is 12.6. The van der Waals surface area contributed by atoms with Gasteiger partial charge in [0.2, 0.25) is 10.0 Å². The standard InChI is InChI=1S/C19H21N3O3S/c1-26(24,25)22-11-6-14-12-15(2-3-17(14)22)18(23)21-13-19(7-8-19)16-4-9-20-10-5-16/h2-5,9-10,12H,6-8,11,13H2,1H3,(H,21,23). The number of amides is 1. The van der Waals surface area contributed by atoms with Crippen molar-refractivity contribution < 1.29 is 13.2 Å². The summed E-state index contributed by atoms with van der Waals surface area (Å²) in [7, 11) is -3.27. The first kappa shape index (κ1) is 17.0. The largest absolute Gasteiger partial charge is 0.351 e. The van der Waals surface area contributed by atoms with Crippen LogP contribution in [0, 0.1) is 0 Å². The van der Waals surface area contributed by atoms with Gasteiger partial charge in [0.1, 0.15) is 0 Å². The predicted molar refractivity (Wildman–Crippen MR) is 99.8 cm³/mol. The molecule has 2 aromatic rings. The van der Waals surface area contributed by atoms with E-state index < -0.39 is 10.0 Å². The summed E-state index contributed by atoms with van der Waals surface area (Å²) in [6, 6.07) is 9.25. The zero-order chi connectivity index (χ0) is 18.4. The molecule has 0 saturated heterocycles. The fraction of sp³-hybridized carbons (Fsp3) is 0.368. The van der Waals surface area contributed by atoms with E-state index in [0.29, 0.717) is 30.8 Å². The molecule has 136 valence electrons. The lowest BCUT2D eigenvalue weighted by Gasteiger charge is -2.18. The molecule has 0 spiro atoms. The van der Waals surface area contributed by atoms with E-state index in [4.69, 9.17) is 0 Å². The molecule has 7 heteroatoms. The first-order valence-corrected chi connectivity index (χ1v) is 10.5. The van der Waals surface area contributed by atoms with Gasteiger partial charge in [-0.15, -0.1) is 0 Å². The number of carbonyl (C=O) groups excluding carboxylic acids is 1. The zero-order valence-electron chi connectivity index (χ0n) is 14.6. The second-order valence-corrected chi connectivity index (χ2v) is 9.03. The molecule has 26 heavy (non-hydrogen) atoms. The molecule has 1 N–H and O–H groups in total. The van der Waals surface area contributed by atoms with Crippen LogP contribution in [0.2, 0.25) is 0 Å². The molecule has 1 aromatic carbocycles. The summed E-state index contributed by atoms with van der Waals surface area (Å²) in [5.74, 6) is -0.120. The molecule has 0 bridgehead atoms. The van der Waals surface area contributed by atoms with E-state index in [9.17, 15) is 13.2 Å². The molecular weight excluding hydrogens is 350 g/mol. The van der Waals surface area contributed by atoms with Gasteiger partial charge in [-0.25, -0.2) is 8.42 Å². The van der Waals surface area contributed by atoms with Gasteiger partial charge in [0, 0.05) is 36.5 Å². The van der Waals surface area contributed by atoms with E-state index in [0.717, 1.165) is 18.4 Å². The number of pyridine rings is 1. The average molecular weight is 371 g/mol. The van der Waals surface area contributed by atoms with Crippen molar-refractivity contribution in [3.8, 4) is 0 Å². The Morgan fingerprint density at radius 2 is 1.96 bits per heavy atom. The van der Waals surface area contributed by atoms with E-state index in [2.05, 4.69) is 10.3 Å². The lowest BCUT2D eigenvalue weighted by Crippen LogP contribution is -2.32. The number of hydrogen-bond acceptors (Lipinski definition) is 4. The Morgan fingerprint density at radius 3 is 2.62 bits per heavy atom. The summed E-state index contributed by atoms with van der Waals surface area (Å²) in [6.07, 6.45) is 7.52. The summed E-state index contributed by atoms with van der Waals surface area (Å²) in [5.41, 5.74) is 3.40. The predicted octanol–water partition coefficient (Wildman–Crippen LogP) is 1.87. The maximum absolute atomic E-state index is 12.6. The van der Waals surface area contributed by atoms with Crippen molar-refractivity contribution in [1.82, 2.24) is 10.3 Å². The summed E-state index contributed by atoms with van der Waals surface area (Å²) < 4.78 is 25.0. The molecule has 1 aromatic heterocycles. The van der Waals surface area contributed by atoms with Crippen LogP contribution in [-0.2, 0) is 21.9 Å².